The van der Waals surface area contributed by atoms with Crippen molar-refractivity contribution in [3.63, 3.8) is 0 Å². The molecule has 0 heterocycles. The third kappa shape index (κ3) is 7.55. The Hall–Kier alpha value is -1.56. The van der Waals surface area contributed by atoms with E-state index in [0.717, 1.165) is 6.42 Å². The fraction of sp³-hybridized carbons (Fsp3) is 0.565. The Labute approximate surface area is 233 Å². The molecule has 0 saturated carbocycles. The Morgan fingerprint density at radius 2 is 1.58 bits per heavy atom. The van der Waals surface area contributed by atoms with Gasteiger partial charge in [0.05, 0.1) is 9.93 Å². The summed E-state index contributed by atoms with van der Waals surface area (Å²) in [6.45, 7) is 2.11. The second-order valence-electron chi connectivity index (χ2n) is 8.12. The van der Waals surface area contributed by atoms with E-state index in [9.17, 15) is 8.42 Å². The summed E-state index contributed by atoms with van der Waals surface area (Å²) >= 11 is 6.09. The van der Waals surface area contributed by atoms with Crippen molar-refractivity contribution in [1.29, 1.82) is 0 Å². The standard InChI is InChI=1S/C12H21ClO3Si.C11H17N3O5SSi/c1-5-12(17(14-2,15-3)16-4)9-7-6-8-11(12)10-13;1-17-21(18-2,19-3)9-8-10-6-4-5-7-11(10)20(15,16)14-13-12/h6-9,11H,5,10H2,1-4H3;4-7H,8-9H2,1-3H3. The van der Waals surface area contributed by atoms with E-state index in [-0.39, 0.29) is 15.9 Å². The molecule has 1 aliphatic rings. The van der Waals surface area contributed by atoms with Crippen molar-refractivity contribution < 1.29 is 35.0 Å². The number of rotatable bonds is 14. The molecule has 2 atom stereocenters. The molecule has 0 spiro atoms. The highest BCUT2D eigenvalue weighted by molar-refractivity contribution is 7.90. The van der Waals surface area contributed by atoms with Crippen LogP contribution in [0.3, 0.4) is 0 Å². The van der Waals surface area contributed by atoms with Crippen LogP contribution in [0.25, 0.3) is 10.4 Å². The highest BCUT2D eigenvalue weighted by atomic mass is 35.5. The maximum Gasteiger partial charge on any atom is 0.511 e. The molecular formula is C23H38ClN3O8SSi2. The minimum absolute atomic E-state index is 0.0194. The Kier molecular flexibility index (Phi) is 14.4. The van der Waals surface area contributed by atoms with Gasteiger partial charge in [-0.25, -0.2) is 8.42 Å². The molecule has 0 aromatic heterocycles. The van der Waals surface area contributed by atoms with Gasteiger partial charge in [-0.05, 0) is 30.0 Å². The van der Waals surface area contributed by atoms with Crippen LogP contribution in [0.15, 0.2) is 58.0 Å². The topological polar surface area (TPSA) is 138 Å². The summed E-state index contributed by atoms with van der Waals surface area (Å²) in [5, 5.41) is -0.276. The van der Waals surface area contributed by atoms with Crippen molar-refractivity contribution in [2.24, 2.45) is 10.4 Å². The Morgan fingerprint density at radius 1 is 1.00 bits per heavy atom. The smallest absolute Gasteiger partial charge is 0.377 e. The van der Waals surface area contributed by atoms with Crippen LogP contribution in [0.2, 0.25) is 11.1 Å². The monoisotopic (exact) mass is 607 g/mol. The largest absolute Gasteiger partial charge is 0.511 e. The minimum atomic E-state index is -4.03. The molecule has 0 saturated heterocycles. The second-order valence-corrected chi connectivity index (χ2v) is 16.3. The van der Waals surface area contributed by atoms with Gasteiger partial charge in [0.15, 0.2) is 0 Å². The molecule has 214 valence electrons. The number of aryl methyl sites for hydroxylation is 1. The molecule has 0 aliphatic heterocycles. The van der Waals surface area contributed by atoms with E-state index in [1.165, 1.54) is 27.4 Å². The molecule has 0 amide bonds. The number of hydrogen-bond donors (Lipinski definition) is 0. The molecule has 2 rings (SSSR count). The lowest BCUT2D eigenvalue weighted by Gasteiger charge is -2.45. The van der Waals surface area contributed by atoms with Crippen LogP contribution in [0.4, 0.5) is 0 Å². The molecule has 1 aliphatic carbocycles. The second kappa shape index (κ2) is 15.9. The van der Waals surface area contributed by atoms with E-state index in [2.05, 4.69) is 28.5 Å². The van der Waals surface area contributed by atoms with E-state index in [0.29, 0.717) is 23.9 Å². The number of alkyl halides is 1. The summed E-state index contributed by atoms with van der Waals surface area (Å²) in [5.74, 6) is 0.699. The van der Waals surface area contributed by atoms with Gasteiger partial charge in [0.2, 0.25) is 0 Å². The first-order chi connectivity index (χ1) is 18.1. The molecule has 2 unspecified atom stereocenters. The number of hydrogen-bond acceptors (Lipinski definition) is 8. The minimum Gasteiger partial charge on any atom is -0.377 e. The molecule has 0 N–H and O–H groups in total. The third-order valence-electron chi connectivity index (χ3n) is 6.67. The van der Waals surface area contributed by atoms with Gasteiger partial charge < -0.3 is 26.6 Å². The number of sulfonamides is 1. The van der Waals surface area contributed by atoms with Crippen LogP contribution in [-0.2, 0) is 43.0 Å². The molecule has 38 heavy (non-hydrogen) atoms. The lowest BCUT2D eigenvalue weighted by molar-refractivity contribution is 0.0888. The van der Waals surface area contributed by atoms with Crippen molar-refractivity contribution in [3.05, 3.63) is 64.6 Å². The molecule has 1 aromatic carbocycles. The summed E-state index contributed by atoms with van der Waals surface area (Å²) in [4.78, 5) is 2.33. The van der Waals surface area contributed by atoms with Crippen molar-refractivity contribution in [1.82, 2.24) is 0 Å². The molecule has 11 nitrogen and oxygen atoms in total. The predicted molar refractivity (Wildman–Crippen MR) is 150 cm³/mol. The Bertz CT molecular complexity index is 1080. The zero-order valence-corrected chi connectivity index (χ0v) is 26.5. The van der Waals surface area contributed by atoms with Crippen molar-refractivity contribution in [3.8, 4) is 0 Å². The van der Waals surface area contributed by atoms with E-state index in [1.807, 2.05) is 12.2 Å². The van der Waals surface area contributed by atoms with E-state index >= 15 is 0 Å². The molecular weight excluding hydrogens is 570 g/mol. The maximum absolute atomic E-state index is 11.9. The number of allylic oxidation sites excluding steroid dienone is 4. The zero-order chi connectivity index (χ0) is 28.9. The number of halogens is 1. The van der Waals surface area contributed by atoms with Crippen LogP contribution in [-0.4, -0.2) is 74.6 Å². The molecule has 15 heteroatoms. The fourth-order valence-corrected chi connectivity index (χ4v) is 10.7. The summed E-state index contributed by atoms with van der Waals surface area (Å²) in [7, 11) is -0.195. The first kappa shape index (κ1) is 34.5. The van der Waals surface area contributed by atoms with Crippen LogP contribution >= 0.6 is 11.6 Å². The van der Waals surface area contributed by atoms with E-state index in [4.69, 9.17) is 43.7 Å². The van der Waals surface area contributed by atoms with E-state index in [1.54, 1.807) is 39.5 Å². The van der Waals surface area contributed by atoms with Gasteiger partial charge in [0, 0.05) is 69.9 Å². The average molecular weight is 608 g/mol. The van der Waals surface area contributed by atoms with Gasteiger partial charge in [-0.2, -0.15) is 0 Å². The fourth-order valence-electron chi connectivity index (χ4n) is 4.55. The first-order valence-electron chi connectivity index (χ1n) is 11.7. The van der Waals surface area contributed by atoms with Gasteiger partial charge in [0.1, 0.15) is 0 Å². The normalized spacial score (nSPS) is 19.4. The summed E-state index contributed by atoms with van der Waals surface area (Å²) in [6.07, 6.45) is 9.50. The maximum atomic E-state index is 11.9. The predicted octanol–water partition coefficient (Wildman–Crippen LogP) is 5.10. The first-order valence-corrected chi connectivity index (χ1v) is 17.4. The lowest BCUT2D eigenvalue weighted by atomic mass is 9.86. The third-order valence-corrected chi connectivity index (χ3v) is 14.6. The van der Waals surface area contributed by atoms with Gasteiger partial charge >= 0.3 is 17.6 Å². The average Bonchev–Trinajstić information content (AvgIpc) is 2.96. The highest BCUT2D eigenvalue weighted by Gasteiger charge is 2.60. The van der Waals surface area contributed by atoms with Gasteiger partial charge in [-0.3, -0.25) is 0 Å². The molecule has 0 bridgehead atoms. The lowest BCUT2D eigenvalue weighted by Crippen LogP contribution is -2.57. The Balaban J connectivity index is 0.000000389. The van der Waals surface area contributed by atoms with Gasteiger partial charge in [-0.15, -0.1) is 11.6 Å². The molecule has 0 fully saturated rings. The van der Waals surface area contributed by atoms with Crippen molar-refractivity contribution in [2.75, 3.05) is 48.5 Å². The van der Waals surface area contributed by atoms with Crippen molar-refractivity contribution in [2.45, 2.75) is 35.7 Å². The van der Waals surface area contributed by atoms with Crippen LogP contribution in [0.1, 0.15) is 18.9 Å². The van der Waals surface area contributed by atoms with Crippen LogP contribution in [0, 0.1) is 5.92 Å². The highest BCUT2D eigenvalue weighted by Crippen LogP contribution is 2.53. The summed E-state index contributed by atoms with van der Waals surface area (Å²) in [5.41, 5.74) is 8.87. The van der Waals surface area contributed by atoms with E-state index < -0.39 is 27.6 Å². The summed E-state index contributed by atoms with van der Waals surface area (Å²) < 4.78 is 59.5. The van der Waals surface area contributed by atoms with Crippen LogP contribution in [0.5, 0.6) is 0 Å². The van der Waals surface area contributed by atoms with Crippen LogP contribution < -0.4 is 0 Å². The van der Waals surface area contributed by atoms with Gasteiger partial charge in [0.25, 0.3) is 10.0 Å². The number of benzene rings is 1. The number of nitrogens with zero attached hydrogens (tertiary/aromatic N) is 3. The van der Waals surface area contributed by atoms with Gasteiger partial charge in [-0.1, -0.05) is 49.4 Å². The zero-order valence-electron chi connectivity index (χ0n) is 22.9. The van der Waals surface area contributed by atoms with Crippen molar-refractivity contribution >= 4 is 39.2 Å². The quantitative estimate of drug-likeness (QED) is 0.0935. The number of azide groups is 1. The Morgan fingerprint density at radius 3 is 2.05 bits per heavy atom. The molecule has 1 aromatic rings. The summed E-state index contributed by atoms with van der Waals surface area (Å²) in [6, 6.07) is 6.73. The SMILES string of the molecule is CCC1([Si](OC)(OC)OC)C=CC=CC1CCl.CO[Si](CCc1ccccc1S(=O)(=O)N=[N+]=[N-])(OC)OC. The molecule has 0 radical (unpaired) electrons.